The van der Waals surface area contributed by atoms with E-state index in [2.05, 4.69) is 41.5 Å². The molecular formula is C19H18ClN3O2. The molecule has 1 N–H and O–H groups in total. The predicted octanol–water partition coefficient (Wildman–Crippen LogP) is 4.69. The third kappa shape index (κ3) is 4.45. The molecule has 3 rings (SSSR count). The number of anilines is 1. The van der Waals surface area contributed by atoms with Crippen molar-refractivity contribution in [2.45, 2.75) is 26.2 Å². The van der Waals surface area contributed by atoms with Crippen LogP contribution in [0.15, 0.2) is 52.9 Å². The van der Waals surface area contributed by atoms with Crippen molar-refractivity contribution in [1.82, 2.24) is 10.2 Å². The van der Waals surface area contributed by atoms with Crippen LogP contribution in [0, 0.1) is 0 Å². The highest BCUT2D eigenvalue weighted by atomic mass is 35.5. The minimum absolute atomic E-state index is 0.0683. The number of hydrogen-bond donors (Lipinski definition) is 1. The molecule has 0 saturated heterocycles. The Morgan fingerprint density at radius 3 is 2.60 bits per heavy atom. The summed E-state index contributed by atoms with van der Waals surface area (Å²) in [7, 11) is 0. The maximum absolute atomic E-state index is 12.1. The first-order valence-corrected chi connectivity index (χ1v) is 8.37. The van der Waals surface area contributed by atoms with Crippen LogP contribution in [0.4, 0.5) is 6.01 Å². The molecule has 3 aromatic rings. The number of nitrogens with one attached hydrogen (secondary N) is 1. The van der Waals surface area contributed by atoms with Crippen LogP contribution in [0.2, 0.25) is 5.02 Å². The van der Waals surface area contributed by atoms with Gasteiger partial charge in [-0.05, 0) is 35.2 Å². The van der Waals surface area contributed by atoms with Crippen LogP contribution in [0.3, 0.4) is 0 Å². The molecule has 128 valence electrons. The van der Waals surface area contributed by atoms with Gasteiger partial charge in [0.15, 0.2) is 0 Å². The molecule has 1 amide bonds. The molecule has 0 radical (unpaired) electrons. The fourth-order valence-electron chi connectivity index (χ4n) is 2.37. The standard InChI is InChI=1S/C19H18ClN3O2/c1-12(2)14-8-6-13(7-9-14)10-17-22-23-19(25-17)21-18(24)15-4-3-5-16(20)11-15/h3-9,11-12H,10H2,1-2H3,(H,21,23,24). The number of carbonyl (C=O) groups excluding carboxylic acids is 1. The second kappa shape index (κ2) is 7.49. The Balaban J connectivity index is 1.65. The van der Waals surface area contributed by atoms with E-state index in [4.69, 9.17) is 16.0 Å². The second-order valence-electron chi connectivity index (χ2n) is 6.04. The summed E-state index contributed by atoms with van der Waals surface area (Å²) >= 11 is 5.89. The number of rotatable bonds is 5. The number of halogens is 1. The van der Waals surface area contributed by atoms with E-state index in [0.717, 1.165) is 5.56 Å². The summed E-state index contributed by atoms with van der Waals surface area (Å²) in [4.78, 5) is 12.1. The van der Waals surface area contributed by atoms with E-state index in [0.29, 0.717) is 28.8 Å². The molecule has 0 aliphatic rings. The lowest BCUT2D eigenvalue weighted by Crippen LogP contribution is -2.11. The molecule has 0 aliphatic carbocycles. The Kier molecular flexibility index (Phi) is 5.14. The third-order valence-electron chi connectivity index (χ3n) is 3.78. The molecule has 6 heteroatoms. The number of hydrogen-bond acceptors (Lipinski definition) is 4. The van der Waals surface area contributed by atoms with Crippen molar-refractivity contribution in [3.63, 3.8) is 0 Å². The van der Waals surface area contributed by atoms with Gasteiger partial charge in [-0.1, -0.05) is 60.9 Å². The van der Waals surface area contributed by atoms with Gasteiger partial charge < -0.3 is 4.42 Å². The monoisotopic (exact) mass is 355 g/mol. The topological polar surface area (TPSA) is 68.0 Å². The first kappa shape index (κ1) is 17.2. The molecule has 2 aromatic carbocycles. The van der Waals surface area contributed by atoms with E-state index in [1.165, 1.54) is 5.56 Å². The molecule has 0 bridgehead atoms. The molecule has 1 heterocycles. The maximum atomic E-state index is 12.1. The summed E-state index contributed by atoms with van der Waals surface area (Å²) in [6.45, 7) is 4.31. The van der Waals surface area contributed by atoms with Crippen LogP contribution in [-0.4, -0.2) is 16.1 Å². The molecule has 0 atom stereocenters. The smallest absolute Gasteiger partial charge is 0.322 e. The largest absolute Gasteiger partial charge is 0.407 e. The van der Waals surface area contributed by atoms with Crippen molar-refractivity contribution in [3.8, 4) is 0 Å². The van der Waals surface area contributed by atoms with Crippen molar-refractivity contribution >= 4 is 23.5 Å². The number of benzene rings is 2. The first-order valence-electron chi connectivity index (χ1n) is 7.99. The van der Waals surface area contributed by atoms with E-state index in [9.17, 15) is 4.79 Å². The summed E-state index contributed by atoms with van der Waals surface area (Å²) in [5.74, 6) is 0.587. The minimum atomic E-state index is -0.348. The summed E-state index contributed by atoms with van der Waals surface area (Å²) in [5.41, 5.74) is 2.78. The van der Waals surface area contributed by atoms with E-state index in [-0.39, 0.29) is 11.9 Å². The Morgan fingerprint density at radius 1 is 1.16 bits per heavy atom. The van der Waals surface area contributed by atoms with E-state index in [1.54, 1.807) is 24.3 Å². The zero-order valence-electron chi connectivity index (χ0n) is 14.0. The van der Waals surface area contributed by atoms with Gasteiger partial charge in [0.2, 0.25) is 5.89 Å². The Bertz CT molecular complexity index is 872. The molecule has 0 fully saturated rings. The van der Waals surface area contributed by atoms with Gasteiger partial charge in [0.05, 0.1) is 6.42 Å². The first-order chi connectivity index (χ1) is 12.0. The van der Waals surface area contributed by atoms with Crippen LogP contribution in [0.5, 0.6) is 0 Å². The van der Waals surface area contributed by atoms with Gasteiger partial charge in [-0.25, -0.2) is 0 Å². The summed E-state index contributed by atoms with van der Waals surface area (Å²) in [6.07, 6.45) is 0.512. The van der Waals surface area contributed by atoms with Gasteiger partial charge in [0.25, 0.3) is 5.91 Å². The molecule has 1 aromatic heterocycles. The van der Waals surface area contributed by atoms with E-state index >= 15 is 0 Å². The lowest BCUT2D eigenvalue weighted by molar-refractivity contribution is 0.102. The van der Waals surface area contributed by atoms with Crippen molar-refractivity contribution in [2.24, 2.45) is 0 Å². The molecule has 0 unspecified atom stereocenters. The van der Waals surface area contributed by atoms with Crippen LogP contribution in [-0.2, 0) is 6.42 Å². The maximum Gasteiger partial charge on any atom is 0.322 e. The van der Waals surface area contributed by atoms with Gasteiger partial charge in [-0.3, -0.25) is 10.1 Å². The van der Waals surface area contributed by atoms with E-state index < -0.39 is 0 Å². The third-order valence-corrected chi connectivity index (χ3v) is 4.01. The highest BCUT2D eigenvalue weighted by molar-refractivity contribution is 6.31. The Morgan fingerprint density at radius 2 is 1.92 bits per heavy atom. The van der Waals surface area contributed by atoms with E-state index in [1.807, 2.05) is 12.1 Å². The van der Waals surface area contributed by atoms with Gasteiger partial charge in [0.1, 0.15) is 0 Å². The van der Waals surface area contributed by atoms with Gasteiger partial charge in [-0.2, -0.15) is 0 Å². The summed E-state index contributed by atoms with van der Waals surface area (Å²) in [5, 5.41) is 10.9. The number of aromatic nitrogens is 2. The molecule has 25 heavy (non-hydrogen) atoms. The highest BCUT2D eigenvalue weighted by Gasteiger charge is 2.12. The summed E-state index contributed by atoms with van der Waals surface area (Å²) < 4.78 is 5.50. The van der Waals surface area contributed by atoms with Gasteiger partial charge in [-0.15, -0.1) is 5.10 Å². The molecule has 0 saturated carbocycles. The lowest BCUT2D eigenvalue weighted by atomic mass is 10.0. The molecule has 0 aliphatic heterocycles. The average Bonchev–Trinajstić information content (AvgIpc) is 3.02. The molecule has 0 spiro atoms. The minimum Gasteiger partial charge on any atom is -0.407 e. The quantitative estimate of drug-likeness (QED) is 0.720. The van der Waals surface area contributed by atoms with Crippen LogP contribution in [0.1, 0.15) is 47.1 Å². The van der Waals surface area contributed by atoms with Crippen LogP contribution in [0.25, 0.3) is 0 Å². The number of carbonyl (C=O) groups is 1. The Labute approximate surface area is 151 Å². The fourth-order valence-corrected chi connectivity index (χ4v) is 2.56. The number of nitrogens with zero attached hydrogens (tertiary/aromatic N) is 2. The van der Waals surface area contributed by atoms with Crippen molar-refractivity contribution in [1.29, 1.82) is 0 Å². The zero-order valence-corrected chi connectivity index (χ0v) is 14.7. The lowest BCUT2D eigenvalue weighted by Gasteiger charge is -2.05. The van der Waals surface area contributed by atoms with Crippen LogP contribution < -0.4 is 5.32 Å². The summed E-state index contributed by atoms with van der Waals surface area (Å²) in [6, 6.07) is 15.0. The average molecular weight is 356 g/mol. The van der Waals surface area contributed by atoms with Crippen molar-refractivity contribution in [2.75, 3.05) is 5.32 Å². The highest BCUT2D eigenvalue weighted by Crippen LogP contribution is 2.18. The SMILES string of the molecule is CC(C)c1ccc(Cc2nnc(NC(=O)c3cccc(Cl)c3)o2)cc1. The van der Waals surface area contributed by atoms with Gasteiger partial charge >= 0.3 is 6.01 Å². The predicted molar refractivity (Wildman–Crippen MR) is 97.0 cm³/mol. The normalized spacial score (nSPS) is 10.9. The van der Waals surface area contributed by atoms with Crippen LogP contribution >= 0.6 is 11.6 Å². The van der Waals surface area contributed by atoms with Gasteiger partial charge in [0, 0.05) is 10.6 Å². The molecule has 5 nitrogen and oxygen atoms in total. The number of amides is 1. The second-order valence-corrected chi connectivity index (χ2v) is 6.47. The fraction of sp³-hybridized carbons (Fsp3) is 0.211. The zero-order chi connectivity index (χ0) is 17.8. The molecular weight excluding hydrogens is 338 g/mol. The Hall–Kier alpha value is -2.66. The van der Waals surface area contributed by atoms with Crippen molar-refractivity contribution in [3.05, 3.63) is 76.1 Å². The van der Waals surface area contributed by atoms with Crippen molar-refractivity contribution < 1.29 is 9.21 Å².